The molecule has 2 rings (SSSR count). The Balaban J connectivity index is 2.09. The van der Waals surface area contributed by atoms with Gasteiger partial charge in [0.15, 0.2) is 0 Å². The van der Waals surface area contributed by atoms with Gasteiger partial charge in [-0.25, -0.2) is 9.97 Å². The van der Waals surface area contributed by atoms with E-state index in [2.05, 4.69) is 35.6 Å². The topological polar surface area (TPSA) is 38.2 Å². The summed E-state index contributed by atoms with van der Waals surface area (Å²) in [6, 6.07) is 0. The Morgan fingerprint density at radius 2 is 1.83 bits per heavy atom. The zero-order chi connectivity index (χ0) is 13.0. The van der Waals surface area contributed by atoms with Gasteiger partial charge in [0.25, 0.3) is 0 Å². The third-order valence-corrected chi connectivity index (χ3v) is 3.59. The lowest BCUT2D eigenvalue weighted by Gasteiger charge is -2.28. The molecule has 0 N–H and O–H groups in total. The zero-order valence-corrected chi connectivity index (χ0v) is 11.6. The van der Waals surface area contributed by atoms with Gasteiger partial charge in [-0.1, -0.05) is 27.2 Å². The predicted molar refractivity (Wildman–Crippen MR) is 73.0 cm³/mol. The van der Waals surface area contributed by atoms with Crippen LogP contribution in [0, 0.1) is 0 Å². The summed E-state index contributed by atoms with van der Waals surface area (Å²) in [7, 11) is 0. The van der Waals surface area contributed by atoms with Crippen molar-refractivity contribution in [2.75, 3.05) is 31.2 Å². The van der Waals surface area contributed by atoms with Gasteiger partial charge in [-0.05, 0) is 17.4 Å². The quantitative estimate of drug-likeness (QED) is 0.821. The highest BCUT2D eigenvalue weighted by Gasteiger charge is 2.21. The second-order valence-electron chi connectivity index (χ2n) is 5.51. The monoisotopic (exact) mass is 249 g/mol. The van der Waals surface area contributed by atoms with E-state index in [1.807, 2.05) is 12.4 Å². The van der Waals surface area contributed by atoms with Crippen molar-refractivity contribution in [3.8, 4) is 0 Å². The van der Waals surface area contributed by atoms with Crippen molar-refractivity contribution >= 4 is 5.95 Å². The van der Waals surface area contributed by atoms with E-state index in [1.165, 1.54) is 12.0 Å². The van der Waals surface area contributed by atoms with Crippen molar-refractivity contribution in [1.29, 1.82) is 0 Å². The van der Waals surface area contributed by atoms with Gasteiger partial charge in [0.05, 0.1) is 13.2 Å². The number of aromatic nitrogens is 2. The maximum absolute atomic E-state index is 5.33. The van der Waals surface area contributed by atoms with Gasteiger partial charge in [-0.15, -0.1) is 0 Å². The molecule has 1 saturated heterocycles. The molecule has 100 valence electrons. The third-order valence-electron chi connectivity index (χ3n) is 3.59. The summed E-state index contributed by atoms with van der Waals surface area (Å²) in [4.78, 5) is 11.2. The van der Waals surface area contributed by atoms with Crippen molar-refractivity contribution in [1.82, 2.24) is 9.97 Å². The molecule has 0 spiro atoms. The van der Waals surface area contributed by atoms with E-state index in [4.69, 9.17) is 4.74 Å². The maximum Gasteiger partial charge on any atom is 0.225 e. The first-order valence-electron chi connectivity index (χ1n) is 6.79. The molecule has 0 aliphatic carbocycles. The molecule has 4 nitrogen and oxygen atoms in total. The molecular weight excluding hydrogens is 226 g/mol. The summed E-state index contributed by atoms with van der Waals surface area (Å²) in [5.41, 5.74) is 1.39. The van der Waals surface area contributed by atoms with Crippen LogP contribution in [-0.2, 0) is 10.2 Å². The fraction of sp³-hybridized carbons (Fsp3) is 0.714. The number of hydrogen-bond acceptors (Lipinski definition) is 4. The van der Waals surface area contributed by atoms with E-state index in [1.54, 1.807) is 0 Å². The average molecular weight is 249 g/mol. The van der Waals surface area contributed by atoms with Gasteiger partial charge < -0.3 is 9.64 Å². The minimum Gasteiger partial charge on any atom is -0.378 e. The summed E-state index contributed by atoms with van der Waals surface area (Å²) in [5, 5.41) is 0. The Bertz CT molecular complexity index is 369. The van der Waals surface area contributed by atoms with Crippen LogP contribution in [0.25, 0.3) is 0 Å². The van der Waals surface area contributed by atoms with Gasteiger partial charge >= 0.3 is 0 Å². The van der Waals surface area contributed by atoms with E-state index < -0.39 is 0 Å². The van der Waals surface area contributed by atoms with Gasteiger partial charge in [0.1, 0.15) is 0 Å². The minimum absolute atomic E-state index is 0.165. The Labute approximate surface area is 109 Å². The molecule has 0 bridgehead atoms. The minimum atomic E-state index is 0.165. The molecule has 2 heterocycles. The molecule has 0 radical (unpaired) electrons. The van der Waals surface area contributed by atoms with Crippen molar-refractivity contribution in [2.24, 2.45) is 0 Å². The summed E-state index contributed by atoms with van der Waals surface area (Å²) in [5.74, 6) is 0.828. The number of ether oxygens (including phenoxy) is 1. The lowest BCUT2D eigenvalue weighted by Crippen LogP contribution is -2.37. The van der Waals surface area contributed by atoms with Gasteiger partial charge in [0, 0.05) is 25.5 Å². The van der Waals surface area contributed by atoms with Gasteiger partial charge in [0.2, 0.25) is 5.95 Å². The molecule has 0 atom stereocenters. The molecule has 1 aliphatic heterocycles. The van der Waals surface area contributed by atoms with Gasteiger partial charge in [-0.3, -0.25) is 0 Å². The van der Waals surface area contributed by atoms with Crippen LogP contribution >= 0.6 is 0 Å². The molecule has 18 heavy (non-hydrogen) atoms. The van der Waals surface area contributed by atoms with Crippen LogP contribution in [-0.4, -0.2) is 36.3 Å². The van der Waals surface area contributed by atoms with E-state index in [0.29, 0.717) is 0 Å². The largest absolute Gasteiger partial charge is 0.378 e. The molecule has 1 aliphatic rings. The highest BCUT2D eigenvalue weighted by molar-refractivity contribution is 5.31. The van der Waals surface area contributed by atoms with Crippen LogP contribution in [0.1, 0.15) is 39.2 Å². The van der Waals surface area contributed by atoms with Crippen LogP contribution in [0.5, 0.6) is 0 Å². The Hall–Kier alpha value is -1.16. The first-order chi connectivity index (χ1) is 8.63. The van der Waals surface area contributed by atoms with E-state index in [-0.39, 0.29) is 5.41 Å². The molecule has 0 saturated carbocycles. The Morgan fingerprint density at radius 3 is 2.39 bits per heavy atom. The molecule has 1 aromatic heterocycles. The van der Waals surface area contributed by atoms with E-state index in [0.717, 1.165) is 38.7 Å². The summed E-state index contributed by atoms with van der Waals surface area (Å²) in [6.45, 7) is 10.0. The van der Waals surface area contributed by atoms with Crippen molar-refractivity contribution in [2.45, 2.75) is 39.0 Å². The number of morpholine rings is 1. The highest BCUT2D eigenvalue weighted by Crippen LogP contribution is 2.27. The smallest absolute Gasteiger partial charge is 0.225 e. The number of rotatable bonds is 4. The third kappa shape index (κ3) is 2.99. The first-order valence-corrected chi connectivity index (χ1v) is 6.79. The first kappa shape index (κ1) is 13.3. The standard InChI is InChI=1S/C14H23N3O/c1-4-5-14(2,3)12-10-15-13(16-11-12)17-6-8-18-9-7-17/h10-11H,4-9H2,1-3H3. The normalized spacial score (nSPS) is 16.9. The predicted octanol–water partition coefficient (Wildman–Crippen LogP) is 2.39. The summed E-state index contributed by atoms with van der Waals surface area (Å²) < 4.78 is 5.33. The highest BCUT2D eigenvalue weighted by atomic mass is 16.5. The van der Waals surface area contributed by atoms with Crippen molar-refractivity contribution in [3.05, 3.63) is 18.0 Å². The maximum atomic E-state index is 5.33. The Morgan fingerprint density at radius 1 is 1.22 bits per heavy atom. The fourth-order valence-electron chi connectivity index (χ4n) is 2.37. The van der Waals surface area contributed by atoms with Gasteiger partial charge in [-0.2, -0.15) is 0 Å². The molecule has 1 aromatic rings. The lowest BCUT2D eigenvalue weighted by atomic mass is 9.82. The molecule has 1 fully saturated rings. The fourth-order valence-corrected chi connectivity index (χ4v) is 2.37. The second kappa shape index (κ2) is 5.65. The molecule has 4 heteroatoms. The van der Waals surface area contributed by atoms with Crippen LogP contribution in [0.2, 0.25) is 0 Å². The summed E-state index contributed by atoms with van der Waals surface area (Å²) >= 11 is 0. The lowest BCUT2D eigenvalue weighted by molar-refractivity contribution is 0.122. The molecule has 0 aromatic carbocycles. The molecule has 0 unspecified atom stereocenters. The number of nitrogens with zero attached hydrogens (tertiary/aromatic N) is 3. The summed E-state index contributed by atoms with van der Waals surface area (Å²) in [6.07, 6.45) is 6.30. The van der Waals surface area contributed by atoms with E-state index in [9.17, 15) is 0 Å². The van der Waals surface area contributed by atoms with Crippen molar-refractivity contribution in [3.63, 3.8) is 0 Å². The van der Waals surface area contributed by atoms with E-state index >= 15 is 0 Å². The number of anilines is 1. The average Bonchev–Trinajstić information content (AvgIpc) is 2.40. The van der Waals surface area contributed by atoms with Crippen molar-refractivity contribution < 1.29 is 4.74 Å². The second-order valence-corrected chi connectivity index (χ2v) is 5.51. The van der Waals surface area contributed by atoms with Crippen LogP contribution in [0.4, 0.5) is 5.95 Å². The molecular formula is C14H23N3O. The SMILES string of the molecule is CCCC(C)(C)c1cnc(N2CCOCC2)nc1. The molecule has 0 amide bonds. The number of hydrogen-bond donors (Lipinski definition) is 0. The Kier molecular flexibility index (Phi) is 4.17. The van der Waals surface area contributed by atoms with Crippen LogP contribution in [0.15, 0.2) is 12.4 Å². The van der Waals surface area contributed by atoms with Crippen LogP contribution < -0.4 is 4.90 Å². The van der Waals surface area contributed by atoms with Crippen LogP contribution in [0.3, 0.4) is 0 Å². The zero-order valence-electron chi connectivity index (χ0n) is 11.6.